The van der Waals surface area contributed by atoms with Gasteiger partial charge in [-0.05, 0) is 45.8 Å². The average molecular weight is 376 g/mol. The fraction of sp³-hybridized carbons (Fsp3) is 0.750. The number of hydrogen-bond donors (Lipinski definition) is 0. The highest BCUT2D eigenvalue weighted by atomic mass is 16.2. The molecule has 0 saturated carbocycles. The maximum atomic E-state index is 12.8. The molecule has 0 aliphatic carbocycles. The molecule has 2 fully saturated rings. The van der Waals surface area contributed by atoms with Gasteiger partial charge in [0, 0.05) is 63.7 Å². The van der Waals surface area contributed by atoms with Gasteiger partial charge >= 0.3 is 0 Å². The Labute approximate surface area is 162 Å². The molecule has 27 heavy (non-hydrogen) atoms. The standard InChI is InChI=1S/C20H33N5O2/c1-17-13-21-25(14-17)10-6-19(27)23-9-4-7-20(15-23)8-5-18(26)24(16-20)12-11-22(2)3/h13-14H,4-12,15-16H2,1-3H3/t20-/m0/s1. The Morgan fingerprint density at radius 2 is 2.07 bits per heavy atom. The van der Waals surface area contributed by atoms with Crippen LogP contribution in [0.2, 0.25) is 0 Å². The molecule has 1 atom stereocenters. The summed E-state index contributed by atoms with van der Waals surface area (Å²) in [6.45, 7) is 6.71. The van der Waals surface area contributed by atoms with Gasteiger partial charge in [0.25, 0.3) is 0 Å². The van der Waals surface area contributed by atoms with Crippen molar-refractivity contribution >= 4 is 11.8 Å². The molecule has 3 rings (SSSR count). The lowest BCUT2D eigenvalue weighted by atomic mass is 9.73. The zero-order valence-electron chi connectivity index (χ0n) is 17.0. The fourth-order valence-corrected chi connectivity index (χ4v) is 4.34. The van der Waals surface area contributed by atoms with Gasteiger partial charge in [0.05, 0.1) is 6.20 Å². The number of likely N-dealkylation sites (N-methyl/N-ethyl adjacent to an activating group) is 1. The molecule has 2 aliphatic heterocycles. The quantitative estimate of drug-likeness (QED) is 0.754. The Morgan fingerprint density at radius 1 is 1.26 bits per heavy atom. The minimum absolute atomic E-state index is 0.0798. The first kappa shape index (κ1) is 19.9. The zero-order chi connectivity index (χ0) is 19.4. The second-order valence-electron chi connectivity index (χ2n) is 8.57. The molecule has 2 aliphatic rings. The van der Waals surface area contributed by atoms with Crippen molar-refractivity contribution in [3.63, 3.8) is 0 Å². The first-order valence-electron chi connectivity index (χ1n) is 10.1. The highest BCUT2D eigenvalue weighted by molar-refractivity contribution is 5.78. The topological polar surface area (TPSA) is 61.7 Å². The van der Waals surface area contributed by atoms with Crippen LogP contribution in [0.1, 0.15) is 37.7 Å². The van der Waals surface area contributed by atoms with E-state index >= 15 is 0 Å². The molecular weight excluding hydrogens is 342 g/mol. The van der Waals surface area contributed by atoms with Crippen molar-refractivity contribution in [1.82, 2.24) is 24.5 Å². The maximum absolute atomic E-state index is 12.8. The van der Waals surface area contributed by atoms with Crippen molar-refractivity contribution in [1.29, 1.82) is 0 Å². The van der Waals surface area contributed by atoms with Crippen molar-refractivity contribution in [2.45, 2.75) is 45.6 Å². The van der Waals surface area contributed by atoms with Gasteiger partial charge in [-0.2, -0.15) is 5.10 Å². The van der Waals surface area contributed by atoms with Crippen molar-refractivity contribution in [3.8, 4) is 0 Å². The van der Waals surface area contributed by atoms with Crippen LogP contribution in [-0.4, -0.2) is 83.1 Å². The average Bonchev–Trinajstić information content (AvgIpc) is 3.06. The maximum Gasteiger partial charge on any atom is 0.224 e. The number of carbonyl (C=O) groups is 2. The third kappa shape index (κ3) is 5.09. The van der Waals surface area contributed by atoms with E-state index in [1.54, 1.807) is 0 Å². The van der Waals surface area contributed by atoms with Gasteiger partial charge in [0.2, 0.25) is 11.8 Å². The van der Waals surface area contributed by atoms with Crippen molar-refractivity contribution < 1.29 is 9.59 Å². The van der Waals surface area contributed by atoms with Crippen LogP contribution in [0.25, 0.3) is 0 Å². The third-order valence-electron chi connectivity index (χ3n) is 5.90. The lowest BCUT2D eigenvalue weighted by molar-refractivity contribution is -0.143. The lowest BCUT2D eigenvalue weighted by Crippen LogP contribution is -2.55. The number of nitrogens with zero attached hydrogens (tertiary/aromatic N) is 5. The summed E-state index contributed by atoms with van der Waals surface area (Å²) in [7, 11) is 4.07. The molecule has 0 N–H and O–H groups in total. The summed E-state index contributed by atoms with van der Waals surface area (Å²) in [4.78, 5) is 31.2. The van der Waals surface area contributed by atoms with Gasteiger partial charge in [-0.25, -0.2) is 0 Å². The first-order chi connectivity index (χ1) is 12.9. The molecule has 1 spiro atoms. The van der Waals surface area contributed by atoms with Crippen molar-refractivity contribution in [2.24, 2.45) is 5.41 Å². The molecule has 0 unspecified atom stereocenters. The van der Waals surface area contributed by atoms with Gasteiger partial charge in [0.1, 0.15) is 0 Å². The van der Waals surface area contributed by atoms with E-state index in [1.165, 1.54) is 0 Å². The predicted octanol–water partition coefficient (Wildman–Crippen LogP) is 1.37. The van der Waals surface area contributed by atoms with E-state index < -0.39 is 0 Å². The summed E-state index contributed by atoms with van der Waals surface area (Å²) in [6, 6.07) is 0. The molecule has 2 amide bonds. The summed E-state index contributed by atoms with van der Waals surface area (Å²) in [5, 5.41) is 4.27. The molecule has 1 aromatic heterocycles. The fourth-order valence-electron chi connectivity index (χ4n) is 4.34. The predicted molar refractivity (Wildman–Crippen MR) is 104 cm³/mol. The number of carbonyl (C=O) groups excluding carboxylic acids is 2. The van der Waals surface area contributed by atoms with E-state index in [0.717, 1.165) is 57.5 Å². The molecule has 2 saturated heterocycles. The minimum Gasteiger partial charge on any atom is -0.342 e. The summed E-state index contributed by atoms with van der Waals surface area (Å²) < 4.78 is 1.84. The monoisotopic (exact) mass is 375 g/mol. The van der Waals surface area contributed by atoms with Crippen LogP contribution in [0.4, 0.5) is 0 Å². The highest BCUT2D eigenvalue weighted by Gasteiger charge is 2.42. The molecular formula is C20H33N5O2. The highest BCUT2D eigenvalue weighted by Crippen LogP contribution is 2.39. The van der Waals surface area contributed by atoms with Crippen LogP contribution in [0.5, 0.6) is 0 Å². The number of likely N-dealkylation sites (tertiary alicyclic amines) is 2. The number of aryl methyl sites for hydroxylation is 2. The summed E-state index contributed by atoms with van der Waals surface area (Å²) in [5.74, 6) is 0.471. The first-order valence-corrected chi connectivity index (χ1v) is 10.1. The van der Waals surface area contributed by atoms with E-state index in [-0.39, 0.29) is 17.2 Å². The normalized spacial score (nSPS) is 23.5. The second kappa shape index (κ2) is 8.42. The Kier molecular flexibility index (Phi) is 6.19. The molecule has 0 radical (unpaired) electrons. The Morgan fingerprint density at radius 3 is 2.78 bits per heavy atom. The van der Waals surface area contributed by atoms with Crippen LogP contribution < -0.4 is 0 Å². The van der Waals surface area contributed by atoms with Gasteiger partial charge in [0.15, 0.2) is 0 Å². The van der Waals surface area contributed by atoms with E-state index in [4.69, 9.17) is 0 Å². The number of hydrogen-bond acceptors (Lipinski definition) is 4. The zero-order valence-corrected chi connectivity index (χ0v) is 17.0. The van der Waals surface area contributed by atoms with Crippen LogP contribution in [0, 0.1) is 12.3 Å². The molecule has 150 valence electrons. The van der Waals surface area contributed by atoms with Gasteiger partial charge in [-0.15, -0.1) is 0 Å². The van der Waals surface area contributed by atoms with E-state index in [1.807, 2.05) is 47.9 Å². The van der Waals surface area contributed by atoms with Crippen LogP contribution >= 0.6 is 0 Å². The molecule has 0 bridgehead atoms. The number of aromatic nitrogens is 2. The molecule has 0 aromatic carbocycles. The largest absolute Gasteiger partial charge is 0.342 e. The smallest absolute Gasteiger partial charge is 0.224 e. The molecule has 3 heterocycles. The van der Waals surface area contributed by atoms with Crippen molar-refractivity contribution in [2.75, 3.05) is 46.8 Å². The summed E-state index contributed by atoms with van der Waals surface area (Å²) in [5.41, 5.74) is 1.19. The van der Waals surface area contributed by atoms with Crippen molar-refractivity contribution in [3.05, 3.63) is 18.0 Å². The van der Waals surface area contributed by atoms with Gasteiger partial charge in [-0.3, -0.25) is 14.3 Å². The number of rotatable bonds is 6. The molecule has 7 heteroatoms. The lowest BCUT2D eigenvalue weighted by Gasteiger charge is -2.48. The van der Waals surface area contributed by atoms with Crippen LogP contribution in [0.3, 0.4) is 0 Å². The van der Waals surface area contributed by atoms with Gasteiger partial charge in [-0.1, -0.05) is 0 Å². The van der Waals surface area contributed by atoms with E-state index in [0.29, 0.717) is 19.4 Å². The van der Waals surface area contributed by atoms with Crippen LogP contribution in [0.15, 0.2) is 12.4 Å². The van der Waals surface area contributed by atoms with Crippen LogP contribution in [-0.2, 0) is 16.1 Å². The van der Waals surface area contributed by atoms with Gasteiger partial charge < -0.3 is 14.7 Å². The Bertz CT molecular complexity index is 671. The van der Waals surface area contributed by atoms with E-state index in [9.17, 15) is 9.59 Å². The molecule has 1 aromatic rings. The third-order valence-corrected chi connectivity index (χ3v) is 5.90. The second-order valence-corrected chi connectivity index (χ2v) is 8.57. The minimum atomic E-state index is 0.0798. The summed E-state index contributed by atoms with van der Waals surface area (Å²) in [6.07, 6.45) is 7.94. The number of piperidine rings is 2. The number of amides is 2. The Hall–Kier alpha value is -1.89. The molecule has 7 nitrogen and oxygen atoms in total. The Balaban J connectivity index is 1.57. The summed E-state index contributed by atoms with van der Waals surface area (Å²) >= 11 is 0. The SMILES string of the molecule is Cc1cnn(CCC(=O)N2CCC[C@]3(CCC(=O)N(CCN(C)C)C3)C2)c1. The van der Waals surface area contributed by atoms with E-state index in [2.05, 4.69) is 10.00 Å².